The predicted octanol–water partition coefficient (Wildman–Crippen LogP) is 2.79. The van der Waals surface area contributed by atoms with Crippen LogP contribution in [0.25, 0.3) is 0 Å². The van der Waals surface area contributed by atoms with Gasteiger partial charge in [-0.2, -0.15) is 0 Å². The molecule has 0 aliphatic heterocycles. The number of phenolic OH excluding ortho intramolecular Hbond substituents is 1. The van der Waals surface area contributed by atoms with E-state index in [1.165, 1.54) is 6.07 Å². The highest BCUT2D eigenvalue weighted by atomic mass is 35.5. The maximum absolute atomic E-state index is 12.3. The summed E-state index contributed by atoms with van der Waals surface area (Å²) in [7, 11) is 1.73. The minimum absolute atomic E-state index is 0.0897. The number of carbonyl (C=O) groups excluding carboxylic acids is 1. The molecule has 0 bridgehead atoms. The van der Waals surface area contributed by atoms with Gasteiger partial charge in [-0.05, 0) is 44.5 Å². The van der Waals surface area contributed by atoms with Crippen molar-refractivity contribution >= 4 is 17.5 Å². The van der Waals surface area contributed by atoms with Crippen molar-refractivity contribution in [3.8, 4) is 5.75 Å². The number of rotatable bonds is 3. The lowest BCUT2D eigenvalue weighted by molar-refractivity contribution is 0.0659. The second-order valence-electron chi connectivity index (χ2n) is 4.81. The Morgan fingerprint density at radius 3 is 2.53 bits per heavy atom. The molecule has 0 unspecified atom stereocenters. The van der Waals surface area contributed by atoms with Crippen LogP contribution in [0.15, 0.2) is 18.2 Å². The fourth-order valence-corrected chi connectivity index (χ4v) is 1.61. The Hall–Kier alpha value is -1.22. The van der Waals surface area contributed by atoms with Gasteiger partial charge in [-0.25, -0.2) is 0 Å². The minimum Gasteiger partial charge on any atom is -0.508 e. The van der Waals surface area contributed by atoms with E-state index in [4.69, 9.17) is 11.6 Å². The van der Waals surface area contributed by atoms with Gasteiger partial charge < -0.3 is 10.0 Å². The Morgan fingerprint density at radius 2 is 2.06 bits per heavy atom. The van der Waals surface area contributed by atoms with Crippen LogP contribution < -0.4 is 0 Å². The molecule has 1 aromatic carbocycles. The molecule has 1 rings (SSSR count). The second kappa shape index (κ2) is 4.96. The number of hydrogen-bond donors (Lipinski definition) is 1. The maximum Gasteiger partial charge on any atom is 0.254 e. The van der Waals surface area contributed by atoms with Crippen LogP contribution in [0.5, 0.6) is 5.75 Å². The topological polar surface area (TPSA) is 40.5 Å². The van der Waals surface area contributed by atoms with Gasteiger partial charge in [0.25, 0.3) is 5.91 Å². The quantitative estimate of drug-likeness (QED) is 0.844. The molecular formula is C13H18ClNO2. The van der Waals surface area contributed by atoms with E-state index < -0.39 is 5.54 Å². The third-order valence-corrected chi connectivity index (χ3v) is 3.63. The molecule has 0 heterocycles. The molecule has 0 aromatic heterocycles. The summed E-state index contributed by atoms with van der Waals surface area (Å²) >= 11 is 5.85. The lowest BCUT2D eigenvalue weighted by atomic mass is 10.0. The van der Waals surface area contributed by atoms with E-state index in [9.17, 15) is 9.90 Å². The van der Waals surface area contributed by atoms with Crippen molar-refractivity contribution in [2.45, 2.75) is 26.3 Å². The van der Waals surface area contributed by atoms with Crippen LogP contribution in [0.3, 0.4) is 0 Å². The van der Waals surface area contributed by atoms with Gasteiger partial charge in [-0.3, -0.25) is 4.79 Å². The van der Waals surface area contributed by atoms with Crippen LogP contribution in [-0.4, -0.2) is 34.4 Å². The number of benzene rings is 1. The molecule has 0 aliphatic rings. The molecule has 0 radical (unpaired) electrons. The zero-order valence-corrected chi connectivity index (χ0v) is 11.4. The Kier molecular flexibility index (Phi) is 4.04. The van der Waals surface area contributed by atoms with Crippen molar-refractivity contribution in [3.63, 3.8) is 0 Å². The number of aromatic hydroxyl groups is 1. The molecule has 1 aromatic rings. The number of hydrogen-bond acceptors (Lipinski definition) is 2. The van der Waals surface area contributed by atoms with Gasteiger partial charge in [0.15, 0.2) is 0 Å². The number of nitrogens with zero attached hydrogens (tertiary/aromatic N) is 1. The van der Waals surface area contributed by atoms with Gasteiger partial charge in [0, 0.05) is 18.5 Å². The molecule has 0 spiro atoms. The summed E-state index contributed by atoms with van der Waals surface area (Å²) < 4.78 is 0. The maximum atomic E-state index is 12.3. The van der Waals surface area contributed by atoms with Crippen LogP contribution in [0.4, 0.5) is 0 Å². The van der Waals surface area contributed by atoms with Crippen molar-refractivity contribution in [1.29, 1.82) is 0 Å². The van der Waals surface area contributed by atoms with Gasteiger partial charge in [0.2, 0.25) is 0 Å². The number of phenols is 1. The van der Waals surface area contributed by atoms with E-state index in [0.29, 0.717) is 11.4 Å². The van der Waals surface area contributed by atoms with E-state index in [0.717, 1.165) is 5.56 Å². The Labute approximate surface area is 107 Å². The first-order chi connectivity index (χ1) is 7.79. The normalized spacial score (nSPS) is 11.4. The predicted molar refractivity (Wildman–Crippen MR) is 69.7 cm³/mol. The molecule has 1 N–H and O–H groups in total. The lowest BCUT2D eigenvalue weighted by Crippen LogP contribution is -2.46. The molecule has 0 saturated heterocycles. The van der Waals surface area contributed by atoms with Crippen LogP contribution in [-0.2, 0) is 0 Å². The van der Waals surface area contributed by atoms with E-state index in [-0.39, 0.29) is 11.7 Å². The summed E-state index contributed by atoms with van der Waals surface area (Å²) in [6.45, 7) is 5.62. The fourth-order valence-electron chi connectivity index (χ4n) is 1.43. The van der Waals surface area contributed by atoms with E-state index in [1.54, 1.807) is 31.0 Å². The molecule has 0 fully saturated rings. The van der Waals surface area contributed by atoms with Crippen molar-refractivity contribution in [2.75, 3.05) is 12.9 Å². The molecule has 94 valence electrons. The van der Waals surface area contributed by atoms with Crippen molar-refractivity contribution in [2.24, 2.45) is 0 Å². The van der Waals surface area contributed by atoms with E-state index in [1.807, 2.05) is 13.8 Å². The second-order valence-corrected chi connectivity index (χ2v) is 5.08. The largest absolute Gasteiger partial charge is 0.508 e. The highest BCUT2D eigenvalue weighted by Gasteiger charge is 2.28. The van der Waals surface area contributed by atoms with Crippen LogP contribution in [0.1, 0.15) is 29.8 Å². The lowest BCUT2D eigenvalue weighted by Gasteiger charge is -2.34. The van der Waals surface area contributed by atoms with Crippen LogP contribution >= 0.6 is 11.6 Å². The Bertz CT molecular complexity index is 429. The molecule has 17 heavy (non-hydrogen) atoms. The summed E-state index contributed by atoms with van der Waals surface area (Å²) in [5, 5.41) is 9.32. The first-order valence-corrected chi connectivity index (χ1v) is 5.97. The minimum atomic E-state index is -0.400. The van der Waals surface area contributed by atoms with Gasteiger partial charge in [-0.15, -0.1) is 11.6 Å². The highest BCUT2D eigenvalue weighted by molar-refractivity contribution is 6.18. The zero-order chi connectivity index (χ0) is 13.2. The molecular weight excluding hydrogens is 238 g/mol. The average molecular weight is 256 g/mol. The standard InChI is InChI=1S/C13H18ClNO2/c1-9-7-10(16)5-6-11(9)12(17)15(4)13(2,3)8-14/h5-7,16H,8H2,1-4H3. The molecule has 0 atom stereocenters. The Morgan fingerprint density at radius 1 is 1.47 bits per heavy atom. The molecule has 1 amide bonds. The summed E-state index contributed by atoms with van der Waals surface area (Å²) in [6.07, 6.45) is 0. The zero-order valence-electron chi connectivity index (χ0n) is 10.6. The van der Waals surface area contributed by atoms with Gasteiger partial charge in [-0.1, -0.05) is 0 Å². The molecule has 0 aliphatic carbocycles. The summed E-state index contributed by atoms with van der Waals surface area (Å²) in [6, 6.07) is 4.73. The van der Waals surface area contributed by atoms with Crippen LogP contribution in [0.2, 0.25) is 0 Å². The number of amides is 1. The van der Waals surface area contributed by atoms with E-state index in [2.05, 4.69) is 0 Å². The van der Waals surface area contributed by atoms with Gasteiger partial charge in [0.05, 0.1) is 5.54 Å². The van der Waals surface area contributed by atoms with Crippen LogP contribution in [0, 0.1) is 6.92 Å². The number of carbonyl (C=O) groups is 1. The number of alkyl halides is 1. The highest BCUT2D eigenvalue weighted by Crippen LogP contribution is 2.21. The number of halogens is 1. The van der Waals surface area contributed by atoms with Crippen molar-refractivity contribution in [1.82, 2.24) is 4.90 Å². The summed E-state index contributed by atoms with van der Waals surface area (Å²) in [5.74, 6) is 0.443. The first kappa shape index (κ1) is 13.8. The summed E-state index contributed by atoms with van der Waals surface area (Å²) in [5.41, 5.74) is 0.943. The third-order valence-electron chi connectivity index (χ3n) is 2.98. The molecule has 3 nitrogen and oxygen atoms in total. The summed E-state index contributed by atoms with van der Waals surface area (Å²) in [4.78, 5) is 13.9. The SMILES string of the molecule is Cc1cc(O)ccc1C(=O)N(C)C(C)(C)CCl. The van der Waals surface area contributed by atoms with Crippen molar-refractivity contribution < 1.29 is 9.90 Å². The van der Waals surface area contributed by atoms with Gasteiger partial charge in [0.1, 0.15) is 5.75 Å². The number of aryl methyl sites for hydroxylation is 1. The molecule has 0 saturated carbocycles. The molecule has 4 heteroatoms. The van der Waals surface area contributed by atoms with Crippen molar-refractivity contribution in [3.05, 3.63) is 29.3 Å². The monoisotopic (exact) mass is 255 g/mol. The average Bonchev–Trinajstić information content (AvgIpc) is 2.27. The third kappa shape index (κ3) is 2.91. The fraction of sp³-hybridized carbons (Fsp3) is 0.462. The van der Waals surface area contributed by atoms with E-state index >= 15 is 0 Å². The first-order valence-electron chi connectivity index (χ1n) is 5.43. The van der Waals surface area contributed by atoms with Gasteiger partial charge >= 0.3 is 0 Å². The Balaban J connectivity index is 3.05. The smallest absolute Gasteiger partial charge is 0.254 e.